The number of hydrogen-bond donors (Lipinski definition) is 2. The highest BCUT2D eigenvalue weighted by atomic mass is 16.6. The maximum absolute atomic E-state index is 11.0. The first-order valence-electron chi connectivity index (χ1n) is 5.58. The Morgan fingerprint density at radius 3 is 2.81 bits per heavy atom. The molecule has 21 heavy (non-hydrogen) atoms. The van der Waals surface area contributed by atoms with Gasteiger partial charge in [0.2, 0.25) is 5.75 Å². The van der Waals surface area contributed by atoms with Crippen molar-refractivity contribution in [3.05, 3.63) is 27.8 Å². The molecule has 0 saturated heterocycles. The van der Waals surface area contributed by atoms with E-state index in [4.69, 9.17) is 9.47 Å². The lowest BCUT2D eigenvalue weighted by atomic mass is 10.2. The summed E-state index contributed by atoms with van der Waals surface area (Å²) in [5.41, 5.74) is 2.72. The van der Waals surface area contributed by atoms with E-state index >= 15 is 0 Å². The van der Waals surface area contributed by atoms with Gasteiger partial charge in [-0.2, -0.15) is 10.3 Å². The van der Waals surface area contributed by atoms with E-state index in [1.807, 2.05) is 0 Å². The van der Waals surface area contributed by atoms with Crippen LogP contribution < -0.4 is 14.9 Å². The Balaban J connectivity index is 2.29. The summed E-state index contributed by atoms with van der Waals surface area (Å²) < 4.78 is 10.1. The normalized spacial score (nSPS) is 10.6. The van der Waals surface area contributed by atoms with Gasteiger partial charge in [-0.15, -0.1) is 5.10 Å². The zero-order chi connectivity index (χ0) is 15.2. The molecule has 11 heteroatoms. The summed E-state index contributed by atoms with van der Waals surface area (Å²) in [6.07, 6.45) is 1.35. The van der Waals surface area contributed by atoms with Crippen LogP contribution >= 0.6 is 0 Å². The molecule has 1 aromatic heterocycles. The van der Waals surface area contributed by atoms with Crippen LogP contribution in [0.15, 0.2) is 17.2 Å². The highest BCUT2D eigenvalue weighted by Crippen LogP contribution is 2.37. The van der Waals surface area contributed by atoms with Gasteiger partial charge >= 0.3 is 5.69 Å². The predicted octanol–water partition coefficient (Wildman–Crippen LogP) is 0.571. The van der Waals surface area contributed by atoms with E-state index in [-0.39, 0.29) is 23.1 Å². The maximum atomic E-state index is 11.0. The lowest BCUT2D eigenvalue weighted by Crippen LogP contribution is -1.99. The van der Waals surface area contributed by atoms with Crippen LogP contribution in [0, 0.1) is 10.1 Å². The van der Waals surface area contributed by atoms with Crippen molar-refractivity contribution in [1.82, 2.24) is 20.6 Å². The predicted molar refractivity (Wildman–Crippen MR) is 71.6 cm³/mol. The third-order valence-corrected chi connectivity index (χ3v) is 2.40. The Hall–Kier alpha value is -3.24. The molecule has 1 heterocycles. The van der Waals surface area contributed by atoms with Gasteiger partial charge in [-0.3, -0.25) is 10.1 Å². The van der Waals surface area contributed by atoms with Crippen LogP contribution in [-0.4, -0.2) is 46.0 Å². The van der Waals surface area contributed by atoms with E-state index in [1.165, 1.54) is 26.5 Å². The second kappa shape index (κ2) is 6.27. The van der Waals surface area contributed by atoms with Crippen LogP contribution in [0.5, 0.6) is 11.5 Å². The number of aromatic amines is 1. The minimum absolute atomic E-state index is 0.0470. The molecule has 0 bridgehead atoms. The fourth-order valence-corrected chi connectivity index (χ4v) is 1.55. The van der Waals surface area contributed by atoms with Gasteiger partial charge in [0.25, 0.3) is 5.95 Å². The molecule has 0 fully saturated rings. The third kappa shape index (κ3) is 3.20. The smallest absolute Gasteiger partial charge is 0.315 e. The zero-order valence-corrected chi connectivity index (χ0v) is 11.1. The van der Waals surface area contributed by atoms with E-state index in [1.54, 1.807) is 6.07 Å². The number of ether oxygens (including phenoxy) is 2. The van der Waals surface area contributed by atoms with Crippen molar-refractivity contribution in [3.8, 4) is 11.5 Å². The monoisotopic (exact) mass is 293 g/mol. The van der Waals surface area contributed by atoms with Crippen LogP contribution in [-0.2, 0) is 0 Å². The van der Waals surface area contributed by atoms with Crippen molar-refractivity contribution in [3.63, 3.8) is 0 Å². The van der Waals surface area contributed by atoms with Gasteiger partial charge in [0.15, 0.2) is 5.75 Å². The number of nitrogens with zero attached hydrogens (tertiary/aromatic N) is 5. The molecule has 2 N–H and O–H groups in total. The van der Waals surface area contributed by atoms with E-state index in [2.05, 4.69) is 31.2 Å². The Kier molecular flexibility index (Phi) is 4.23. The zero-order valence-electron chi connectivity index (χ0n) is 11.1. The fraction of sp³-hybridized carbons (Fsp3) is 0.200. The highest BCUT2D eigenvalue weighted by Gasteiger charge is 2.20. The number of aromatic nitrogens is 4. The molecule has 0 aliphatic carbocycles. The number of hydrazone groups is 1. The first kappa shape index (κ1) is 14.2. The lowest BCUT2D eigenvalue weighted by Gasteiger charge is -2.08. The van der Waals surface area contributed by atoms with Gasteiger partial charge in [0.1, 0.15) is 0 Å². The van der Waals surface area contributed by atoms with Gasteiger partial charge in [0, 0.05) is 11.6 Å². The third-order valence-electron chi connectivity index (χ3n) is 2.40. The number of hydrogen-bond acceptors (Lipinski definition) is 9. The van der Waals surface area contributed by atoms with E-state index in [9.17, 15) is 10.1 Å². The number of H-pyrrole nitrogens is 1. The molecule has 0 spiro atoms. The van der Waals surface area contributed by atoms with Crippen LogP contribution in [0.3, 0.4) is 0 Å². The lowest BCUT2D eigenvalue weighted by molar-refractivity contribution is -0.385. The van der Waals surface area contributed by atoms with Crippen molar-refractivity contribution in [1.29, 1.82) is 0 Å². The summed E-state index contributed by atoms with van der Waals surface area (Å²) in [5, 5.41) is 27.7. The van der Waals surface area contributed by atoms with Crippen molar-refractivity contribution >= 4 is 17.9 Å². The van der Waals surface area contributed by atoms with E-state index in [0.717, 1.165) is 0 Å². The standard InChI is InChI=1S/C10H11N7O4/c1-20-8-4-6(3-7(17(18)19)9(8)21-2)5-11-12-10-13-15-16-14-10/h3-5H,1-2H3,(H2,12,13,14,15,16). The summed E-state index contributed by atoms with van der Waals surface area (Å²) in [6.45, 7) is 0. The van der Waals surface area contributed by atoms with Crippen molar-refractivity contribution in [2.45, 2.75) is 0 Å². The largest absolute Gasteiger partial charge is 0.493 e. The molecule has 0 unspecified atom stereocenters. The number of anilines is 1. The molecule has 2 rings (SSSR count). The number of benzene rings is 1. The number of nitro groups is 1. The molecular formula is C10H11N7O4. The minimum Gasteiger partial charge on any atom is -0.493 e. The summed E-state index contributed by atoms with van der Waals surface area (Å²) in [5.74, 6) is 0.444. The molecule has 0 aliphatic rings. The summed E-state index contributed by atoms with van der Waals surface area (Å²) in [4.78, 5) is 10.5. The Morgan fingerprint density at radius 1 is 1.43 bits per heavy atom. The number of nitrogens with one attached hydrogen (secondary N) is 2. The van der Waals surface area contributed by atoms with Crippen LogP contribution in [0.1, 0.15) is 5.56 Å². The number of methoxy groups -OCH3 is 2. The van der Waals surface area contributed by atoms with Gasteiger partial charge < -0.3 is 9.47 Å². The van der Waals surface area contributed by atoms with E-state index < -0.39 is 4.92 Å². The molecule has 0 amide bonds. The molecule has 0 atom stereocenters. The number of rotatable bonds is 6. The minimum atomic E-state index is -0.564. The first-order chi connectivity index (χ1) is 10.2. The average Bonchev–Trinajstić information content (AvgIpc) is 2.99. The van der Waals surface area contributed by atoms with Crippen LogP contribution in [0.2, 0.25) is 0 Å². The second-order valence-electron chi connectivity index (χ2n) is 3.64. The second-order valence-corrected chi connectivity index (χ2v) is 3.64. The highest BCUT2D eigenvalue weighted by molar-refractivity contribution is 5.83. The quantitative estimate of drug-likeness (QED) is 0.447. The van der Waals surface area contributed by atoms with Gasteiger partial charge in [-0.25, -0.2) is 5.43 Å². The molecule has 11 nitrogen and oxygen atoms in total. The summed E-state index contributed by atoms with van der Waals surface area (Å²) >= 11 is 0. The summed E-state index contributed by atoms with van der Waals surface area (Å²) in [7, 11) is 2.72. The SMILES string of the molecule is COc1cc(C=NNc2nn[nH]n2)cc([N+](=O)[O-])c1OC. The van der Waals surface area contributed by atoms with Gasteiger partial charge in [-0.05, 0) is 11.3 Å². The Bertz CT molecular complexity index is 656. The molecule has 2 aromatic rings. The molecular weight excluding hydrogens is 282 g/mol. The topological polar surface area (TPSA) is 140 Å². The van der Waals surface area contributed by atoms with E-state index in [0.29, 0.717) is 5.56 Å². The van der Waals surface area contributed by atoms with Gasteiger partial charge in [0.05, 0.1) is 25.4 Å². The summed E-state index contributed by atoms with van der Waals surface area (Å²) in [6, 6.07) is 2.86. The first-order valence-corrected chi connectivity index (χ1v) is 5.58. The molecule has 0 saturated carbocycles. The maximum Gasteiger partial charge on any atom is 0.315 e. The Labute approximate surface area is 118 Å². The Morgan fingerprint density at radius 2 is 2.24 bits per heavy atom. The van der Waals surface area contributed by atoms with Crippen molar-refractivity contribution < 1.29 is 14.4 Å². The average molecular weight is 293 g/mol. The van der Waals surface area contributed by atoms with Crippen molar-refractivity contribution in [2.75, 3.05) is 19.6 Å². The fourth-order valence-electron chi connectivity index (χ4n) is 1.55. The van der Waals surface area contributed by atoms with Crippen molar-refractivity contribution in [2.24, 2.45) is 5.10 Å². The molecule has 0 aliphatic heterocycles. The molecule has 110 valence electrons. The molecule has 1 aromatic carbocycles. The van der Waals surface area contributed by atoms with Gasteiger partial charge in [-0.1, -0.05) is 5.10 Å². The number of nitro benzene ring substituents is 1. The molecule has 0 radical (unpaired) electrons. The van der Waals surface area contributed by atoms with Crippen LogP contribution in [0.4, 0.5) is 11.6 Å². The van der Waals surface area contributed by atoms with Crippen LogP contribution in [0.25, 0.3) is 0 Å². The number of tetrazole rings is 1.